The third-order valence-corrected chi connectivity index (χ3v) is 13.0. The van der Waals surface area contributed by atoms with Gasteiger partial charge in [-0.3, -0.25) is 14.4 Å². The summed E-state index contributed by atoms with van der Waals surface area (Å²) in [4.78, 5) is 51.2. The smallest absolute Gasteiger partial charge is 0.335 e. The summed E-state index contributed by atoms with van der Waals surface area (Å²) < 4.78 is 28.4. The van der Waals surface area contributed by atoms with Crippen molar-refractivity contribution in [2.75, 3.05) is 13.2 Å². The molecule has 3 N–H and O–H groups in total. The van der Waals surface area contributed by atoms with E-state index < -0.39 is 67.3 Å². The van der Waals surface area contributed by atoms with Crippen LogP contribution in [0.1, 0.15) is 226 Å². The van der Waals surface area contributed by atoms with Crippen molar-refractivity contribution in [1.29, 1.82) is 0 Å². The first-order chi connectivity index (χ1) is 38.6. The number of hydrogen-bond donors (Lipinski definition) is 3. The number of esters is 3. The summed E-state index contributed by atoms with van der Waals surface area (Å²) in [6.07, 6.45) is 61.6. The average molecular weight is 1100 g/mol. The van der Waals surface area contributed by atoms with Crippen molar-refractivity contribution in [3.63, 3.8) is 0 Å². The number of allylic oxidation sites excluding steroid dienone is 20. The van der Waals surface area contributed by atoms with Crippen molar-refractivity contribution < 1.29 is 58.2 Å². The van der Waals surface area contributed by atoms with Gasteiger partial charge in [-0.25, -0.2) is 4.79 Å². The van der Waals surface area contributed by atoms with Gasteiger partial charge in [-0.15, -0.1) is 0 Å². The third kappa shape index (κ3) is 43.6. The molecule has 1 fully saturated rings. The minimum Gasteiger partial charge on any atom is -0.479 e. The molecule has 0 radical (unpaired) electrons. The summed E-state index contributed by atoms with van der Waals surface area (Å²) in [5, 5.41) is 31.5. The number of carboxylic acids is 1. The Morgan fingerprint density at radius 3 is 1.23 bits per heavy atom. The normalized spacial score (nSPS) is 18.7. The largest absolute Gasteiger partial charge is 0.479 e. The van der Waals surface area contributed by atoms with Gasteiger partial charge in [-0.05, 0) is 128 Å². The molecule has 12 heteroatoms. The first-order valence-corrected chi connectivity index (χ1v) is 30.5. The van der Waals surface area contributed by atoms with Gasteiger partial charge in [-0.2, -0.15) is 0 Å². The number of carbonyl (C=O) groups is 4. The van der Waals surface area contributed by atoms with E-state index in [0.29, 0.717) is 19.3 Å². The molecular weight excluding hydrogens is 997 g/mol. The van der Waals surface area contributed by atoms with Crippen molar-refractivity contribution >= 4 is 23.9 Å². The average Bonchev–Trinajstić information content (AvgIpc) is 3.44. The van der Waals surface area contributed by atoms with Crippen LogP contribution in [0.3, 0.4) is 0 Å². The van der Waals surface area contributed by atoms with Crippen molar-refractivity contribution in [3.8, 4) is 0 Å². The van der Waals surface area contributed by atoms with Gasteiger partial charge < -0.3 is 39.0 Å². The predicted octanol–water partition coefficient (Wildman–Crippen LogP) is 16.0. The fourth-order valence-electron chi connectivity index (χ4n) is 8.38. The summed E-state index contributed by atoms with van der Waals surface area (Å²) in [7, 11) is 0. The highest BCUT2D eigenvalue weighted by Crippen LogP contribution is 2.26. The van der Waals surface area contributed by atoms with Crippen LogP contribution in [0.5, 0.6) is 0 Å². The van der Waals surface area contributed by atoms with E-state index in [4.69, 9.17) is 23.7 Å². The molecule has 1 heterocycles. The summed E-state index contributed by atoms with van der Waals surface area (Å²) in [5.41, 5.74) is 0. The minimum absolute atomic E-state index is 0.0147. The van der Waals surface area contributed by atoms with E-state index in [1.807, 2.05) is 0 Å². The first-order valence-electron chi connectivity index (χ1n) is 30.5. The number of unbranched alkanes of at least 4 members (excludes halogenated alkanes) is 16. The zero-order valence-corrected chi connectivity index (χ0v) is 49.1. The van der Waals surface area contributed by atoms with Gasteiger partial charge in [0.1, 0.15) is 18.8 Å². The Hall–Kier alpha value is -4.88. The standard InChI is InChI=1S/C67H106O12/c1-4-7-10-13-16-19-22-25-27-29-30-32-33-36-38-41-44-47-50-53-59(68)75-56-58(77-60(69)54-51-48-45-42-40-37-34-31-28-26-23-20-17-14-11-8-5-2)57-76-67-65(63(72)62(71)64(79-67)66(73)74)78-61(70)55-52-49-46-43-39-35-24-21-18-15-12-9-6-3/h7,9-10,12,16-21,25-28,30,32,35-36,38-39,58,62-65,67,71-72H,4-6,8,11,13-15,22-24,29,31,33-34,37,40-57H2,1-3H3,(H,73,74)/b10-7-,12-9-,19-16-,20-17-,21-18-,27-25-,28-26-,32-30-,38-36-,39-35-. The molecule has 0 bridgehead atoms. The topological polar surface area (TPSA) is 175 Å². The molecule has 0 aromatic heterocycles. The Labute approximate surface area is 478 Å². The second kappa shape index (κ2) is 53.7. The zero-order chi connectivity index (χ0) is 57.5. The van der Waals surface area contributed by atoms with E-state index in [9.17, 15) is 34.5 Å². The lowest BCUT2D eigenvalue weighted by Gasteiger charge is -2.40. The van der Waals surface area contributed by atoms with Crippen LogP contribution < -0.4 is 0 Å². The van der Waals surface area contributed by atoms with E-state index in [1.165, 1.54) is 19.3 Å². The molecule has 79 heavy (non-hydrogen) atoms. The Kier molecular flexibility index (Phi) is 49.1. The van der Waals surface area contributed by atoms with Crippen molar-refractivity contribution in [2.45, 2.75) is 263 Å². The first kappa shape index (κ1) is 72.1. The summed E-state index contributed by atoms with van der Waals surface area (Å²) >= 11 is 0. The van der Waals surface area contributed by atoms with E-state index >= 15 is 0 Å². The highest BCUT2D eigenvalue weighted by atomic mass is 16.7. The number of aliphatic hydroxyl groups is 2. The lowest BCUT2D eigenvalue weighted by molar-refractivity contribution is -0.301. The number of rotatable bonds is 50. The highest BCUT2D eigenvalue weighted by molar-refractivity contribution is 5.74. The number of carbonyl (C=O) groups excluding carboxylic acids is 3. The molecule has 0 aliphatic carbocycles. The number of aliphatic hydroxyl groups excluding tert-OH is 2. The molecule has 12 nitrogen and oxygen atoms in total. The molecule has 1 aliphatic heterocycles. The molecule has 0 amide bonds. The van der Waals surface area contributed by atoms with Crippen LogP contribution >= 0.6 is 0 Å². The third-order valence-electron chi connectivity index (χ3n) is 13.0. The SMILES string of the molecule is CC/C=C\C/C=C\C/C=C\C/C=C\C/C=C\CCCCCC(=O)OCC(COC1OC(C(=O)O)C(O)C(O)C1OC(=O)CCCCC/C=C\C/C=C\C/C=C\CC)OC(=O)CCCCCCCCC/C=C\C/C=C\CCCCC. The fourth-order valence-corrected chi connectivity index (χ4v) is 8.38. The molecule has 0 aromatic rings. The molecule has 1 rings (SSSR count). The molecule has 1 aliphatic rings. The molecule has 0 spiro atoms. The van der Waals surface area contributed by atoms with Gasteiger partial charge in [-0.1, -0.05) is 200 Å². The van der Waals surface area contributed by atoms with Gasteiger partial charge in [0.25, 0.3) is 0 Å². The lowest BCUT2D eigenvalue weighted by Crippen LogP contribution is -2.61. The number of ether oxygens (including phenoxy) is 5. The zero-order valence-electron chi connectivity index (χ0n) is 49.1. The molecule has 1 saturated heterocycles. The Bertz CT molecular complexity index is 1840. The minimum atomic E-state index is -1.93. The molecule has 446 valence electrons. The number of hydrogen-bond acceptors (Lipinski definition) is 11. The number of aliphatic carboxylic acids is 1. The quantitative estimate of drug-likeness (QED) is 0.0228. The van der Waals surface area contributed by atoms with Crippen LogP contribution in [0.25, 0.3) is 0 Å². The van der Waals surface area contributed by atoms with Crippen LogP contribution in [-0.4, -0.2) is 89.2 Å². The molecule has 0 aromatic carbocycles. The Morgan fingerprint density at radius 2 is 0.797 bits per heavy atom. The summed E-state index contributed by atoms with van der Waals surface area (Å²) in [5.74, 6) is -3.23. The maximum Gasteiger partial charge on any atom is 0.335 e. The van der Waals surface area contributed by atoms with Crippen LogP contribution in [0.2, 0.25) is 0 Å². The molecule has 6 atom stereocenters. The summed E-state index contributed by atoms with van der Waals surface area (Å²) in [6, 6.07) is 0. The van der Waals surface area contributed by atoms with Crippen LogP contribution in [-0.2, 0) is 42.9 Å². The van der Waals surface area contributed by atoms with Gasteiger partial charge in [0.15, 0.2) is 24.6 Å². The maximum absolute atomic E-state index is 13.2. The maximum atomic E-state index is 13.2. The van der Waals surface area contributed by atoms with Crippen molar-refractivity contribution in [2.24, 2.45) is 0 Å². The van der Waals surface area contributed by atoms with E-state index in [2.05, 4.69) is 142 Å². The van der Waals surface area contributed by atoms with Crippen molar-refractivity contribution in [1.82, 2.24) is 0 Å². The van der Waals surface area contributed by atoms with Crippen LogP contribution in [0.15, 0.2) is 122 Å². The van der Waals surface area contributed by atoms with Gasteiger partial charge in [0.2, 0.25) is 0 Å². The molecule has 0 saturated carbocycles. The predicted molar refractivity (Wildman–Crippen MR) is 321 cm³/mol. The van der Waals surface area contributed by atoms with E-state index in [0.717, 1.165) is 148 Å². The van der Waals surface area contributed by atoms with Gasteiger partial charge in [0, 0.05) is 19.3 Å². The molecule has 6 unspecified atom stereocenters. The lowest BCUT2D eigenvalue weighted by atomic mass is 9.98. The summed E-state index contributed by atoms with van der Waals surface area (Å²) in [6.45, 7) is 5.68. The second-order valence-electron chi connectivity index (χ2n) is 20.2. The van der Waals surface area contributed by atoms with E-state index in [-0.39, 0.29) is 25.9 Å². The molecular formula is C67H106O12. The van der Waals surface area contributed by atoms with Crippen molar-refractivity contribution in [3.05, 3.63) is 122 Å². The Morgan fingerprint density at radius 1 is 0.430 bits per heavy atom. The van der Waals surface area contributed by atoms with Gasteiger partial charge >= 0.3 is 23.9 Å². The van der Waals surface area contributed by atoms with Crippen LogP contribution in [0.4, 0.5) is 0 Å². The fraction of sp³-hybridized carbons (Fsp3) is 0.642. The van der Waals surface area contributed by atoms with Crippen LogP contribution in [0, 0.1) is 0 Å². The highest BCUT2D eigenvalue weighted by Gasteiger charge is 2.50. The Balaban J connectivity index is 2.73. The van der Waals surface area contributed by atoms with Gasteiger partial charge in [0.05, 0.1) is 6.61 Å². The monoisotopic (exact) mass is 1100 g/mol. The second-order valence-corrected chi connectivity index (χ2v) is 20.2. The number of carboxylic acid groups (broad SMARTS) is 1. The van der Waals surface area contributed by atoms with E-state index in [1.54, 1.807) is 0 Å².